The molecule has 0 unspecified atom stereocenters. The van der Waals surface area contributed by atoms with Gasteiger partial charge in [-0.25, -0.2) is 0 Å². The van der Waals surface area contributed by atoms with Crippen LogP contribution in [0.5, 0.6) is 0 Å². The summed E-state index contributed by atoms with van der Waals surface area (Å²) in [4.78, 5) is 4.65. The van der Waals surface area contributed by atoms with Crippen LogP contribution in [-0.4, -0.2) is 0 Å². The lowest BCUT2D eigenvalue weighted by Crippen LogP contribution is -2.15. The van der Waals surface area contributed by atoms with Crippen LogP contribution in [0.25, 0.3) is 22.3 Å². The summed E-state index contributed by atoms with van der Waals surface area (Å²) in [5.74, 6) is 0. The molecule has 238 valence electrons. The summed E-state index contributed by atoms with van der Waals surface area (Å²) in [5.41, 5.74) is 15.2. The van der Waals surface area contributed by atoms with Crippen LogP contribution < -0.4 is 9.80 Å². The Hall–Kier alpha value is -5.57. The largest absolute Gasteiger partial charge is 0.310 e. The van der Waals surface area contributed by atoms with E-state index in [-0.39, 0.29) is 5.41 Å². The predicted octanol–water partition coefficient (Wildman–Crippen LogP) is 13.6. The molecular weight excluding hydrogens is 616 g/mol. The van der Waals surface area contributed by atoms with Gasteiger partial charge >= 0.3 is 0 Å². The fourth-order valence-corrected chi connectivity index (χ4v) is 7.57. The van der Waals surface area contributed by atoms with Gasteiger partial charge in [-0.1, -0.05) is 123 Å². The number of hydrogen-bond donors (Lipinski definition) is 0. The van der Waals surface area contributed by atoms with Crippen LogP contribution in [0.4, 0.5) is 34.1 Å². The molecule has 1 aliphatic carbocycles. The molecule has 0 spiro atoms. The molecule has 0 saturated heterocycles. The second-order valence-corrected chi connectivity index (χ2v) is 13.7. The van der Waals surface area contributed by atoms with Crippen molar-refractivity contribution in [2.24, 2.45) is 0 Å². The molecule has 0 N–H and O–H groups in total. The van der Waals surface area contributed by atoms with Crippen molar-refractivity contribution >= 4 is 45.7 Å². The molecule has 1 aliphatic rings. The third-order valence-electron chi connectivity index (χ3n) is 9.73. The van der Waals surface area contributed by atoms with E-state index in [1.165, 1.54) is 33.4 Å². The summed E-state index contributed by atoms with van der Waals surface area (Å²) in [6.07, 6.45) is 0. The van der Waals surface area contributed by atoms with Crippen LogP contribution in [0.3, 0.4) is 0 Å². The highest BCUT2D eigenvalue weighted by atomic mass is 35.5. The molecule has 49 heavy (non-hydrogen) atoms. The topological polar surface area (TPSA) is 6.48 Å². The molecule has 2 nitrogen and oxygen atoms in total. The summed E-state index contributed by atoms with van der Waals surface area (Å²) < 4.78 is 0. The number of hydrogen-bond acceptors (Lipinski definition) is 2. The van der Waals surface area contributed by atoms with Gasteiger partial charge in [-0.15, -0.1) is 0 Å². The summed E-state index contributed by atoms with van der Waals surface area (Å²) in [6, 6.07) is 60.6. The van der Waals surface area contributed by atoms with Gasteiger partial charge < -0.3 is 9.80 Å². The van der Waals surface area contributed by atoms with Gasteiger partial charge in [0.2, 0.25) is 0 Å². The molecule has 0 saturated carbocycles. The van der Waals surface area contributed by atoms with Gasteiger partial charge in [0, 0.05) is 44.4 Å². The van der Waals surface area contributed by atoms with Gasteiger partial charge in [-0.2, -0.15) is 0 Å². The molecule has 0 fully saturated rings. The quantitative estimate of drug-likeness (QED) is 0.169. The Morgan fingerprint density at radius 1 is 0.429 bits per heavy atom. The van der Waals surface area contributed by atoms with Gasteiger partial charge in [0.25, 0.3) is 0 Å². The highest BCUT2D eigenvalue weighted by Gasteiger charge is 2.35. The molecule has 7 aromatic rings. The number of para-hydroxylation sites is 2. The predicted molar refractivity (Wildman–Crippen MR) is 209 cm³/mol. The average molecular weight is 653 g/mol. The lowest BCUT2D eigenvalue weighted by molar-refractivity contribution is 0.660. The molecular formula is C46H37ClN2. The van der Waals surface area contributed by atoms with Crippen molar-refractivity contribution in [2.45, 2.75) is 26.2 Å². The Bertz CT molecular complexity index is 2310. The molecule has 0 bridgehead atoms. The number of rotatable bonds is 7. The van der Waals surface area contributed by atoms with E-state index in [4.69, 9.17) is 11.6 Å². The first kappa shape index (κ1) is 30.7. The highest BCUT2D eigenvalue weighted by molar-refractivity contribution is 6.30. The van der Waals surface area contributed by atoms with E-state index in [1.807, 2.05) is 18.2 Å². The molecule has 0 heterocycles. The van der Waals surface area contributed by atoms with Crippen molar-refractivity contribution in [1.29, 1.82) is 0 Å². The standard InChI is InChI=1S/C46H37ClN2/c1-32-14-11-18-36(28-32)48(35-16-5-4-6-17-35)38-20-13-21-39(31-38)49(37-19-12-15-34(47)30-37)45-25-10-8-22-40(45)33-26-27-42-41-23-7-9-24-43(41)46(2,3)44(42)29-33/h4-31H,1-3H3. The van der Waals surface area contributed by atoms with Crippen LogP contribution in [0, 0.1) is 6.92 Å². The van der Waals surface area contributed by atoms with E-state index >= 15 is 0 Å². The van der Waals surface area contributed by atoms with Crippen LogP contribution in [0.2, 0.25) is 5.02 Å². The van der Waals surface area contributed by atoms with Crippen LogP contribution in [-0.2, 0) is 5.41 Å². The Balaban J connectivity index is 1.30. The summed E-state index contributed by atoms with van der Waals surface area (Å²) in [6.45, 7) is 6.81. The lowest BCUT2D eigenvalue weighted by atomic mass is 9.81. The normalized spacial score (nSPS) is 12.7. The van der Waals surface area contributed by atoms with Gasteiger partial charge in [0.05, 0.1) is 5.69 Å². The first-order valence-corrected chi connectivity index (χ1v) is 17.2. The number of halogens is 1. The van der Waals surface area contributed by atoms with E-state index in [1.54, 1.807) is 0 Å². The Kier molecular flexibility index (Phi) is 7.82. The molecule has 0 aromatic heterocycles. The van der Waals surface area contributed by atoms with Crippen LogP contribution in [0.15, 0.2) is 170 Å². The Morgan fingerprint density at radius 2 is 1.00 bits per heavy atom. The smallest absolute Gasteiger partial charge is 0.0540 e. The van der Waals surface area contributed by atoms with Crippen molar-refractivity contribution < 1.29 is 0 Å². The second-order valence-electron chi connectivity index (χ2n) is 13.3. The minimum atomic E-state index is -0.0887. The van der Waals surface area contributed by atoms with Crippen LogP contribution >= 0.6 is 11.6 Å². The fraction of sp³-hybridized carbons (Fsp3) is 0.0870. The molecule has 7 aromatic carbocycles. The maximum Gasteiger partial charge on any atom is 0.0540 e. The van der Waals surface area contributed by atoms with Crippen molar-refractivity contribution in [3.8, 4) is 22.3 Å². The van der Waals surface area contributed by atoms with E-state index < -0.39 is 0 Å². The third kappa shape index (κ3) is 5.59. The molecule has 0 radical (unpaired) electrons. The summed E-state index contributed by atoms with van der Waals surface area (Å²) in [7, 11) is 0. The molecule has 0 atom stereocenters. The first-order chi connectivity index (χ1) is 23.9. The van der Waals surface area contributed by atoms with Crippen molar-refractivity contribution in [3.05, 3.63) is 192 Å². The van der Waals surface area contributed by atoms with Crippen molar-refractivity contribution in [2.75, 3.05) is 9.80 Å². The number of benzene rings is 7. The number of aryl methyl sites for hydroxylation is 1. The average Bonchev–Trinajstić information content (AvgIpc) is 3.35. The maximum atomic E-state index is 6.68. The third-order valence-corrected chi connectivity index (χ3v) is 9.96. The molecule has 0 amide bonds. The van der Waals surface area contributed by atoms with Gasteiger partial charge in [-0.3, -0.25) is 0 Å². The highest BCUT2D eigenvalue weighted by Crippen LogP contribution is 2.51. The number of nitrogens with zero attached hydrogens (tertiary/aromatic N) is 2. The van der Waals surface area contributed by atoms with Crippen LogP contribution in [0.1, 0.15) is 30.5 Å². The monoisotopic (exact) mass is 652 g/mol. The lowest BCUT2D eigenvalue weighted by Gasteiger charge is -2.31. The molecule has 8 rings (SSSR count). The minimum absolute atomic E-state index is 0.0887. The van der Waals surface area contributed by atoms with Gasteiger partial charge in [0.15, 0.2) is 0 Å². The molecule has 3 heteroatoms. The number of anilines is 6. The summed E-state index contributed by atoms with van der Waals surface area (Å²) in [5, 5.41) is 0.693. The van der Waals surface area contributed by atoms with Gasteiger partial charge in [-0.05, 0) is 113 Å². The second kappa shape index (κ2) is 12.5. The zero-order valence-electron chi connectivity index (χ0n) is 27.9. The maximum absolute atomic E-state index is 6.68. The van der Waals surface area contributed by atoms with E-state index in [2.05, 4.69) is 182 Å². The fourth-order valence-electron chi connectivity index (χ4n) is 7.39. The first-order valence-electron chi connectivity index (χ1n) is 16.8. The van der Waals surface area contributed by atoms with Crippen molar-refractivity contribution in [1.82, 2.24) is 0 Å². The Morgan fingerprint density at radius 3 is 1.76 bits per heavy atom. The van der Waals surface area contributed by atoms with E-state index in [0.717, 1.165) is 39.7 Å². The zero-order chi connectivity index (χ0) is 33.5. The number of fused-ring (bicyclic) bond motifs is 3. The van der Waals surface area contributed by atoms with Crippen molar-refractivity contribution in [3.63, 3.8) is 0 Å². The SMILES string of the molecule is Cc1cccc(N(c2ccccc2)c2cccc(N(c3cccc(Cl)c3)c3ccccc3-c3ccc4c(c3)C(C)(C)c3ccccc3-4)c2)c1. The Labute approximate surface area is 294 Å². The van der Waals surface area contributed by atoms with Gasteiger partial charge in [0.1, 0.15) is 0 Å². The summed E-state index contributed by atoms with van der Waals surface area (Å²) >= 11 is 6.68. The molecule has 0 aliphatic heterocycles. The van der Waals surface area contributed by atoms with E-state index in [9.17, 15) is 0 Å². The van der Waals surface area contributed by atoms with E-state index in [0.29, 0.717) is 5.02 Å². The minimum Gasteiger partial charge on any atom is -0.310 e. The zero-order valence-corrected chi connectivity index (χ0v) is 28.7.